The molecule has 0 bridgehead atoms. The molecule has 1 aromatic carbocycles. The molecule has 1 aromatic heterocycles. The van der Waals surface area contributed by atoms with E-state index in [1.165, 1.54) is 12.1 Å². The Morgan fingerprint density at radius 1 is 1.40 bits per heavy atom. The van der Waals surface area contributed by atoms with Gasteiger partial charge in [0.1, 0.15) is 10.8 Å². The molecular weight excluding hydrogens is 284 g/mol. The van der Waals surface area contributed by atoms with E-state index >= 15 is 0 Å². The highest BCUT2D eigenvalue weighted by Crippen LogP contribution is 2.25. The highest BCUT2D eigenvalue weighted by atomic mass is 35.5. The van der Waals surface area contributed by atoms with Crippen molar-refractivity contribution in [2.45, 2.75) is 5.92 Å². The molecule has 0 saturated carbocycles. The summed E-state index contributed by atoms with van der Waals surface area (Å²) < 4.78 is 4.81. The molecule has 100 valence electrons. The Kier molecular flexibility index (Phi) is 3.82. The summed E-state index contributed by atoms with van der Waals surface area (Å²) in [5.74, 6) is -2.55. The van der Waals surface area contributed by atoms with Crippen LogP contribution in [0, 0.1) is 21.4 Å². The SMILES string of the molecule is N#CC(C(=O)c1ccc([N+](=O)[O-])o1)c1cccc(Cl)c1. The molecule has 0 fully saturated rings. The van der Waals surface area contributed by atoms with Gasteiger partial charge in [-0.25, -0.2) is 0 Å². The van der Waals surface area contributed by atoms with Crippen LogP contribution in [0.5, 0.6) is 0 Å². The molecule has 0 aliphatic carbocycles. The largest absolute Gasteiger partial charge is 0.433 e. The number of halogens is 1. The highest BCUT2D eigenvalue weighted by Gasteiger charge is 2.26. The molecule has 0 saturated heterocycles. The van der Waals surface area contributed by atoms with Crippen molar-refractivity contribution in [3.8, 4) is 6.07 Å². The summed E-state index contributed by atoms with van der Waals surface area (Å²) in [5.41, 5.74) is 0.407. The molecule has 0 aliphatic heterocycles. The number of benzene rings is 1. The van der Waals surface area contributed by atoms with Gasteiger partial charge in [0.15, 0.2) is 5.76 Å². The number of hydrogen-bond acceptors (Lipinski definition) is 5. The fourth-order valence-electron chi connectivity index (χ4n) is 1.67. The van der Waals surface area contributed by atoms with Crippen LogP contribution in [0.2, 0.25) is 5.02 Å². The Morgan fingerprint density at radius 2 is 2.15 bits per heavy atom. The number of carbonyl (C=O) groups is 1. The molecule has 2 aromatic rings. The molecule has 20 heavy (non-hydrogen) atoms. The first-order valence-corrected chi connectivity index (χ1v) is 5.84. The Morgan fingerprint density at radius 3 is 2.70 bits per heavy atom. The summed E-state index contributed by atoms with van der Waals surface area (Å²) >= 11 is 5.81. The second-order valence-electron chi connectivity index (χ2n) is 3.88. The van der Waals surface area contributed by atoms with Crippen LogP contribution in [0.3, 0.4) is 0 Å². The molecule has 1 heterocycles. The third kappa shape index (κ3) is 2.68. The zero-order valence-corrected chi connectivity index (χ0v) is 10.7. The van der Waals surface area contributed by atoms with Crippen molar-refractivity contribution in [2.24, 2.45) is 0 Å². The Balaban J connectivity index is 2.34. The van der Waals surface area contributed by atoms with Crippen molar-refractivity contribution in [2.75, 3.05) is 0 Å². The van der Waals surface area contributed by atoms with E-state index in [-0.39, 0.29) is 5.76 Å². The van der Waals surface area contributed by atoms with E-state index in [0.29, 0.717) is 10.6 Å². The fraction of sp³-hybridized carbons (Fsp3) is 0.0769. The van der Waals surface area contributed by atoms with Crippen molar-refractivity contribution >= 4 is 23.3 Å². The number of ketones is 1. The summed E-state index contributed by atoms with van der Waals surface area (Å²) in [6.45, 7) is 0. The van der Waals surface area contributed by atoms with Crippen LogP contribution in [0.15, 0.2) is 40.8 Å². The van der Waals surface area contributed by atoms with Gasteiger partial charge in [-0.3, -0.25) is 14.9 Å². The normalized spacial score (nSPS) is 11.6. The molecule has 7 heteroatoms. The van der Waals surface area contributed by atoms with E-state index < -0.39 is 22.5 Å². The summed E-state index contributed by atoms with van der Waals surface area (Å²) in [6, 6.07) is 10.4. The predicted molar refractivity (Wildman–Crippen MR) is 69.5 cm³/mol. The quantitative estimate of drug-likeness (QED) is 0.488. The van der Waals surface area contributed by atoms with E-state index in [1.54, 1.807) is 18.2 Å². The van der Waals surface area contributed by atoms with Crippen molar-refractivity contribution in [3.05, 3.63) is 62.9 Å². The summed E-state index contributed by atoms with van der Waals surface area (Å²) in [5, 5.41) is 20.0. The van der Waals surface area contributed by atoms with Gasteiger partial charge in [0, 0.05) is 5.02 Å². The van der Waals surface area contributed by atoms with Crippen LogP contribution in [-0.4, -0.2) is 10.7 Å². The van der Waals surface area contributed by atoms with E-state index in [9.17, 15) is 14.9 Å². The lowest BCUT2D eigenvalue weighted by molar-refractivity contribution is -0.402. The molecule has 0 aliphatic rings. The van der Waals surface area contributed by atoms with Gasteiger partial charge < -0.3 is 4.42 Å². The third-order valence-corrected chi connectivity index (χ3v) is 2.82. The van der Waals surface area contributed by atoms with Crippen molar-refractivity contribution in [3.63, 3.8) is 0 Å². The van der Waals surface area contributed by atoms with Crippen molar-refractivity contribution in [1.82, 2.24) is 0 Å². The topological polar surface area (TPSA) is 97.1 Å². The van der Waals surface area contributed by atoms with Gasteiger partial charge in [-0.1, -0.05) is 23.7 Å². The number of carbonyl (C=O) groups excluding carboxylic acids is 1. The lowest BCUT2D eigenvalue weighted by Crippen LogP contribution is -2.10. The van der Waals surface area contributed by atoms with Gasteiger partial charge in [0.05, 0.1) is 12.1 Å². The predicted octanol–water partition coefficient (Wildman–Crippen LogP) is 3.33. The zero-order chi connectivity index (χ0) is 14.7. The maximum absolute atomic E-state index is 12.1. The molecule has 0 N–H and O–H groups in total. The number of nitriles is 1. The molecule has 2 rings (SSSR count). The third-order valence-electron chi connectivity index (χ3n) is 2.59. The first-order chi connectivity index (χ1) is 9.52. The number of Topliss-reactive ketones (excluding diaryl/α,β-unsaturated/α-hetero) is 1. The lowest BCUT2D eigenvalue weighted by atomic mass is 9.95. The molecule has 6 nitrogen and oxygen atoms in total. The minimum Gasteiger partial charge on any atom is -0.397 e. The second-order valence-corrected chi connectivity index (χ2v) is 4.31. The number of hydrogen-bond donors (Lipinski definition) is 0. The van der Waals surface area contributed by atoms with Gasteiger partial charge in [0.2, 0.25) is 5.78 Å². The standard InChI is InChI=1S/C13H7ClN2O4/c14-9-3-1-2-8(6-9)10(7-15)13(17)11-4-5-12(20-11)16(18)19/h1-6,10H. The average Bonchev–Trinajstić information content (AvgIpc) is 2.89. The lowest BCUT2D eigenvalue weighted by Gasteiger charge is -2.06. The van der Waals surface area contributed by atoms with Crippen LogP contribution in [-0.2, 0) is 0 Å². The summed E-state index contributed by atoms with van der Waals surface area (Å²) in [4.78, 5) is 21.9. The molecule has 0 radical (unpaired) electrons. The summed E-state index contributed by atoms with van der Waals surface area (Å²) in [7, 11) is 0. The second kappa shape index (κ2) is 5.55. The van der Waals surface area contributed by atoms with Crippen LogP contribution >= 0.6 is 11.6 Å². The minimum absolute atomic E-state index is 0.233. The molecule has 1 unspecified atom stereocenters. The van der Waals surface area contributed by atoms with Crippen LogP contribution in [0.1, 0.15) is 22.0 Å². The van der Waals surface area contributed by atoms with E-state index in [0.717, 1.165) is 6.07 Å². The van der Waals surface area contributed by atoms with Crippen LogP contribution in [0.4, 0.5) is 5.88 Å². The molecule has 0 spiro atoms. The smallest absolute Gasteiger partial charge is 0.397 e. The van der Waals surface area contributed by atoms with Gasteiger partial charge in [0.25, 0.3) is 0 Å². The van der Waals surface area contributed by atoms with Gasteiger partial charge in [-0.05, 0) is 23.8 Å². The molecule has 0 amide bonds. The van der Waals surface area contributed by atoms with Gasteiger partial charge in [-0.15, -0.1) is 0 Å². The van der Waals surface area contributed by atoms with Gasteiger partial charge >= 0.3 is 5.88 Å². The Labute approximate surface area is 118 Å². The number of rotatable bonds is 4. The zero-order valence-electron chi connectivity index (χ0n) is 9.95. The minimum atomic E-state index is -1.13. The monoisotopic (exact) mass is 290 g/mol. The van der Waals surface area contributed by atoms with E-state index in [4.69, 9.17) is 21.3 Å². The molecular formula is C13H7ClN2O4. The fourth-order valence-corrected chi connectivity index (χ4v) is 1.87. The van der Waals surface area contributed by atoms with Gasteiger partial charge in [-0.2, -0.15) is 5.26 Å². The molecule has 1 atom stereocenters. The van der Waals surface area contributed by atoms with Crippen molar-refractivity contribution in [1.29, 1.82) is 5.26 Å². The maximum atomic E-state index is 12.1. The van der Waals surface area contributed by atoms with Crippen molar-refractivity contribution < 1.29 is 14.1 Å². The first-order valence-electron chi connectivity index (χ1n) is 5.46. The van der Waals surface area contributed by atoms with E-state index in [1.807, 2.05) is 6.07 Å². The Bertz CT molecular complexity index is 717. The van der Waals surface area contributed by atoms with Crippen LogP contribution in [0.25, 0.3) is 0 Å². The number of nitrogens with zero attached hydrogens (tertiary/aromatic N) is 2. The van der Waals surface area contributed by atoms with Crippen LogP contribution < -0.4 is 0 Å². The number of furan rings is 1. The summed E-state index contributed by atoms with van der Waals surface area (Å²) in [6.07, 6.45) is 0. The Hall–Kier alpha value is -2.65. The van der Waals surface area contributed by atoms with E-state index in [2.05, 4.69) is 0 Å². The average molecular weight is 291 g/mol. The number of nitro groups is 1. The first kappa shape index (κ1) is 13.8. The maximum Gasteiger partial charge on any atom is 0.433 e. The highest BCUT2D eigenvalue weighted by molar-refractivity contribution is 6.30.